The van der Waals surface area contributed by atoms with Gasteiger partial charge in [0.15, 0.2) is 0 Å². The molecule has 1 atom stereocenters. The van der Waals surface area contributed by atoms with E-state index < -0.39 is 0 Å². The van der Waals surface area contributed by atoms with Crippen molar-refractivity contribution in [2.24, 2.45) is 0 Å². The molecule has 216 valence electrons. The minimum Gasteiger partial charge on any atom is -0.469 e. The number of anilines is 1. The Morgan fingerprint density at radius 3 is 2.88 bits per heavy atom. The molecule has 0 spiro atoms. The molecule has 0 saturated carbocycles. The molecule has 2 amide bonds. The molecule has 2 bridgehead atoms. The van der Waals surface area contributed by atoms with Crippen LogP contribution in [-0.4, -0.2) is 55.1 Å². The van der Waals surface area contributed by atoms with Gasteiger partial charge in [-0.2, -0.15) is 4.68 Å². The monoisotopic (exact) mass is 588 g/mol. The number of esters is 1. The van der Waals surface area contributed by atoms with Gasteiger partial charge < -0.3 is 20.4 Å². The van der Waals surface area contributed by atoms with Crippen molar-refractivity contribution in [2.45, 2.75) is 44.6 Å². The van der Waals surface area contributed by atoms with Crippen LogP contribution < -0.4 is 10.6 Å². The molecule has 3 heterocycles. The van der Waals surface area contributed by atoms with Crippen LogP contribution in [0.4, 0.5) is 5.69 Å². The number of hydrogen-bond donors (Lipinski definition) is 3. The molecule has 13 heteroatoms. The summed E-state index contributed by atoms with van der Waals surface area (Å²) in [7, 11) is 1.34. The molecule has 12 nitrogen and oxygen atoms in total. The van der Waals surface area contributed by atoms with E-state index in [4.69, 9.17) is 16.3 Å². The zero-order valence-electron chi connectivity index (χ0n) is 22.8. The lowest BCUT2D eigenvalue weighted by molar-refractivity contribution is -0.139. The third-order valence-electron chi connectivity index (χ3n) is 6.86. The molecular weight excluding hydrogens is 560 g/mol. The number of tetrazole rings is 1. The number of benzene rings is 2. The Morgan fingerprint density at radius 2 is 2.07 bits per heavy atom. The Kier molecular flexibility index (Phi) is 9.02. The van der Waals surface area contributed by atoms with Gasteiger partial charge in [-0.1, -0.05) is 36.6 Å². The third-order valence-corrected chi connectivity index (χ3v) is 7.10. The number of nitrogens with one attached hydrogen (secondary N) is 3. The van der Waals surface area contributed by atoms with Crippen molar-refractivity contribution >= 4 is 41.1 Å². The minimum atomic E-state index is -0.388. The Balaban J connectivity index is 1.39. The van der Waals surface area contributed by atoms with Crippen LogP contribution in [0, 0.1) is 0 Å². The number of fused-ring (bicyclic) bond motifs is 4. The summed E-state index contributed by atoms with van der Waals surface area (Å²) in [5.74, 6) is -0.194. The number of imidazole rings is 1. The van der Waals surface area contributed by atoms with Crippen LogP contribution in [0.3, 0.4) is 0 Å². The normalized spacial score (nSPS) is 15.6. The molecule has 2 aromatic heterocycles. The maximum Gasteiger partial charge on any atom is 0.309 e. The van der Waals surface area contributed by atoms with Gasteiger partial charge in [-0.05, 0) is 59.2 Å². The summed E-state index contributed by atoms with van der Waals surface area (Å²) in [6, 6.07) is 10.2. The van der Waals surface area contributed by atoms with Gasteiger partial charge in [0.2, 0.25) is 11.8 Å². The second kappa shape index (κ2) is 13.2. The molecule has 5 rings (SSSR count). The fourth-order valence-corrected chi connectivity index (χ4v) is 4.93. The predicted octanol–water partition coefficient (Wildman–Crippen LogP) is 4.19. The highest BCUT2D eigenvalue weighted by Crippen LogP contribution is 2.31. The highest BCUT2D eigenvalue weighted by atomic mass is 35.5. The molecule has 0 aliphatic carbocycles. The number of amides is 2. The Labute approximate surface area is 246 Å². The zero-order valence-corrected chi connectivity index (χ0v) is 23.6. The molecule has 0 unspecified atom stereocenters. The summed E-state index contributed by atoms with van der Waals surface area (Å²) in [4.78, 5) is 45.5. The number of methoxy groups -OCH3 is 1. The number of aromatic amines is 1. The molecule has 0 saturated heterocycles. The lowest BCUT2D eigenvalue weighted by atomic mass is 10.0. The second-order valence-corrected chi connectivity index (χ2v) is 10.3. The van der Waals surface area contributed by atoms with Crippen LogP contribution in [-0.2, 0) is 25.5 Å². The minimum absolute atomic E-state index is 0.0852. The summed E-state index contributed by atoms with van der Waals surface area (Å²) in [6.45, 7) is 0. The lowest BCUT2D eigenvalue weighted by Crippen LogP contribution is -2.27. The predicted molar refractivity (Wildman–Crippen MR) is 156 cm³/mol. The Hall–Kier alpha value is -4.84. The molecule has 0 fully saturated rings. The van der Waals surface area contributed by atoms with Crippen molar-refractivity contribution in [1.29, 1.82) is 0 Å². The number of ether oxygens (including phenoxy) is 1. The van der Waals surface area contributed by atoms with Gasteiger partial charge in [0, 0.05) is 28.6 Å². The third kappa shape index (κ3) is 7.07. The fraction of sp³-hybridized carbons (Fsp3) is 0.276. The van der Waals surface area contributed by atoms with Crippen LogP contribution >= 0.6 is 11.6 Å². The first-order valence-corrected chi connectivity index (χ1v) is 13.8. The van der Waals surface area contributed by atoms with Gasteiger partial charge >= 0.3 is 5.97 Å². The molecule has 1 aliphatic heterocycles. The highest BCUT2D eigenvalue weighted by molar-refractivity contribution is 6.30. The summed E-state index contributed by atoms with van der Waals surface area (Å²) < 4.78 is 6.27. The number of H-pyrrole nitrogens is 1. The largest absolute Gasteiger partial charge is 0.469 e. The van der Waals surface area contributed by atoms with Crippen LogP contribution in [0.5, 0.6) is 0 Å². The van der Waals surface area contributed by atoms with E-state index in [1.165, 1.54) is 24.2 Å². The number of aromatic nitrogens is 6. The molecular formula is C29H29ClN8O4. The first-order chi connectivity index (χ1) is 20.4. The van der Waals surface area contributed by atoms with Gasteiger partial charge in [0.05, 0.1) is 42.8 Å². The van der Waals surface area contributed by atoms with E-state index in [9.17, 15) is 14.4 Å². The van der Waals surface area contributed by atoms with Crippen molar-refractivity contribution in [1.82, 2.24) is 35.5 Å². The summed E-state index contributed by atoms with van der Waals surface area (Å²) in [5.41, 5.74) is 4.01. The molecule has 4 aromatic rings. The number of rotatable bonds is 6. The smallest absolute Gasteiger partial charge is 0.309 e. The highest BCUT2D eigenvalue weighted by Gasteiger charge is 2.20. The van der Waals surface area contributed by atoms with Gasteiger partial charge in [0.1, 0.15) is 12.2 Å². The standard InChI is InChI=1S/C29H29ClN8O4/c1-42-28(41)14-18-7-10-21-23(13-18)34-26(39)6-4-2-3-5-22(29-31-16-24(21)35-29)33-27(40)12-8-19-15-20(30)9-11-25(19)38-17-32-36-37-38/h7-13,15-17,22H,2-6,14H2,1H3,(H,31,35)(H,33,40)(H,34,39)/b12-8+/t22-/m0/s1. The number of carbonyl (C=O) groups is 3. The van der Waals surface area contributed by atoms with E-state index >= 15 is 0 Å². The van der Waals surface area contributed by atoms with Gasteiger partial charge in [-0.15, -0.1) is 5.10 Å². The lowest BCUT2D eigenvalue weighted by Gasteiger charge is -2.16. The maximum absolute atomic E-state index is 13.1. The van der Waals surface area contributed by atoms with Crippen molar-refractivity contribution in [3.05, 3.63) is 77.0 Å². The van der Waals surface area contributed by atoms with Crippen LogP contribution in [0.25, 0.3) is 23.0 Å². The average Bonchev–Trinajstić information content (AvgIpc) is 3.68. The summed E-state index contributed by atoms with van der Waals surface area (Å²) in [5, 5.41) is 17.8. The van der Waals surface area contributed by atoms with Crippen molar-refractivity contribution < 1.29 is 19.1 Å². The van der Waals surface area contributed by atoms with Gasteiger partial charge in [0.25, 0.3) is 0 Å². The molecule has 3 N–H and O–H groups in total. The second-order valence-electron chi connectivity index (χ2n) is 9.81. The maximum atomic E-state index is 13.1. The van der Waals surface area contributed by atoms with Crippen LogP contribution in [0.2, 0.25) is 5.02 Å². The molecule has 42 heavy (non-hydrogen) atoms. The Bertz CT molecular complexity index is 1620. The molecule has 0 radical (unpaired) electrons. The first kappa shape index (κ1) is 28.7. The van der Waals surface area contributed by atoms with E-state index in [1.807, 2.05) is 12.1 Å². The SMILES string of the molecule is COC(=O)Cc1ccc2c(c1)NC(=O)CCCCC[C@H](NC(=O)/C=C/c1cc(Cl)ccc1-n1cnnn1)c1ncc-2[nH]1. The van der Waals surface area contributed by atoms with Crippen molar-refractivity contribution in [2.75, 3.05) is 12.4 Å². The van der Waals surface area contributed by atoms with Gasteiger partial charge in [-0.25, -0.2) is 4.98 Å². The van der Waals surface area contributed by atoms with Crippen molar-refractivity contribution in [3.63, 3.8) is 0 Å². The van der Waals surface area contributed by atoms with E-state index in [0.717, 1.165) is 18.4 Å². The number of nitrogens with zero attached hydrogens (tertiary/aromatic N) is 5. The number of carbonyl (C=O) groups excluding carboxylic acids is 3. The van der Waals surface area contributed by atoms with Crippen LogP contribution in [0.15, 0.2) is 55.0 Å². The number of hydrogen-bond acceptors (Lipinski definition) is 8. The average molecular weight is 589 g/mol. The Morgan fingerprint density at radius 1 is 1.19 bits per heavy atom. The van der Waals surface area contributed by atoms with E-state index in [1.54, 1.807) is 36.5 Å². The quantitative estimate of drug-likeness (QED) is 0.223. The van der Waals surface area contributed by atoms with E-state index in [-0.39, 0.29) is 30.2 Å². The van der Waals surface area contributed by atoms with E-state index in [2.05, 4.69) is 36.1 Å². The van der Waals surface area contributed by atoms with E-state index in [0.29, 0.717) is 58.3 Å². The number of halogens is 1. The van der Waals surface area contributed by atoms with Crippen molar-refractivity contribution in [3.8, 4) is 16.9 Å². The van der Waals surface area contributed by atoms with Crippen LogP contribution in [0.1, 0.15) is 55.1 Å². The van der Waals surface area contributed by atoms with Gasteiger partial charge in [-0.3, -0.25) is 14.4 Å². The summed E-state index contributed by atoms with van der Waals surface area (Å²) in [6.07, 6.45) is 9.58. The zero-order chi connectivity index (χ0) is 29.5. The summed E-state index contributed by atoms with van der Waals surface area (Å²) >= 11 is 6.20. The molecule has 2 aromatic carbocycles. The fourth-order valence-electron chi connectivity index (χ4n) is 4.75. The molecule has 1 aliphatic rings. The topological polar surface area (TPSA) is 157 Å². The first-order valence-electron chi connectivity index (χ1n) is 13.5.